The maximum Gasteiger partial charge on any atom is 0.237 e. The maximum atomic E-state index is 12.3. The highest BCUT2D eigenvalue weighted by atomic mass is 32.2. The predicted molar refractivity (Wildman–Crippen MR) is 99.4 cm³/mol. The molecule has 1 N–H and O–H groups in total. The summed E-state index contributed by atoms with van der Waals surface area (Å²) >= 11 is 3.13. The van der Waals surface area contributed by atoms with E-state index in [1.165, 1.54) is 17.3 Å². The number of benzene rings is 2. The Bertz CT molecular complexity index is 778. The molecule has 0 aliphatic carbocycles. The molecule has 2 aromatic carbocycles. The van der Waals surface area contributed by atoms with Gasteiger partial charge in [0.05, 0.1) is 15.5 Å². The van der Waals surface area contributed by atoms with Crippen molar-refractivity contribution >= 4 is 44.9 Å². The highest BCUT2D eigenvalue weighted by Gasteiger charge is 2.17. The van der Waals surface area contributed by atoms with Gasteiger partial charge in [0.15, 0.2) is 4.34 Å². The Morgan fingerprint density at radius 2 is 1.96 bits per heavy atom. The lowest BCUT2D eigenvalue weighted by atomic mass is 10.1. The molecule has 0 aliphatic heterocycles. The number of thiazole rings is 1. The SMILES string of the molecule is CCc1ccc(NC(=O)[C@H](C)Sc2nc3ccccc3s2)cc1. The Labute approximate surface area is 144 Å². The van der Waals surface area contributed by atoms with Crippen molar-refractivity contribution in [3.63, 3.8) is 0 Å². The average molecular weight is 342 g/mol. The molecule has 118 valence electrons. The number of nitrogens with one attached hydrogen (secondary N) is 1. The van der Waals surface area contributed by atoms with Crippen LogP contribution in [-0.4, -0.2) is 16.1 Å². The van der Waals surface area contributed by atoms with Crippen molar-refractivity contribution in [2.24, 2.45) is 0 Å². The Morgan fingerprint density at radius 1 is 1.22 bits per heavy atom. The molecule has 0 fully saturated rings. The van der Waals surface area contributed by atoms with Gasteiger partial charge in [-0.05, 0) is 43.2 Å². The van der Waals surface area contributed by atoms with Crippen LogP contribution in [0.15, 0.2) is 52.9 Å². The number of aryl methyl sites for hydroxylation is 1. The molecule has 0 saturated heterocycles. The molecule has 0 saturated carbocycles. The van der Waals surface area contributed by atoms with Gasteiger partial charge < -0.3 is 5.32 Å². The molecular formula is C18H18N2OS2. The number of aromatic nitrogens is 1. The van der Waals surface area contributed by atoms with Crippen LogP contribution in [0.3, 0.4) is 0 Å². The number of hydrogen-bond acceptors (Lipinski definition) is 4. The molecule has 1 aromatic heterocycles. The first kappa shape index (κ1) is 16.0. The first-order chi connectivity index (χ1) is 11.2. The van der Waals surface area contributed by atoms with Gasteiger partial charge in [-0.3, -0.25) is 4.79 Å². The second kappa shape index (κ2) is 7.15. The van der Waals surface area contributed by atoms with Crippen LogP contribution in [0.4, 0.5) is 5.69 Å². The summed E-state index contributed by atoms with van der Waals surface area (Å²) in [6, 6.07) is 16.0. The van der Waals surface area contributed by atoms with Crippen molar-refractivity contribution in [3.05, 3.63) is 54.1 Å². The van der Waals surface area contributed by atoms with E-state index in [2.05, 4.69) is 23.3 Å². The van der Waals surface area contributed by atoms with E-state index in [4.69, 9.17) is 0 Å². The Kier molecular flexibility index (Phi) is 4.98. The Hall–Kier alpha value is -1.85. The molecule has 1 amide bonds. The van der Waals surface area contributed by atoms with Crippen LogP contribution in [0.5, 0.6) is 0 Å². The van der Waals surface area contributed by atoms with Crippen molar-refractivity contribution in [1.82, 2.24) is 4.98 Å². The summed E-state index contributed by atoms with van der Waals surface area (Å²) in [5.74, 6) is -0.00138. The van der Waals surface area contributed by atoms with Gasteiger partial charge in [-0.15, -0.1) is 11.3 Å². The van der Waals surface area contributed by atoms with E-state index in [1.54, 1.807) is 11.3 Å². The Morgan fingerprint density at radius 3 is 2.65 bits per heavy atom. The largest absolute Gasteiger partial charge is 0.325 e. The van der Waals surface area contributed by atoms with Crippen molar-refractivity contribution in [2.75, 3.05) is 5.32 Å². The summed E-state index contributed by atoms with van der Waals surface area (Å²) in [6.45, 7) is 4.02. The molecule has 23 heavy (non-hydrogen) atoms. The fraction of sp³-hybridized carbons (Fsp3) is 0.222. The average Bonchev–Trinajstić information content (AvgIpc) is 2.97. The fourth-order valence-corrected chi connectivity index (χ4v) is 4.39. The van der Waals surface area contributed by atoms with Crippen molar-refractivity contribution in [2.45, 2.75) is 29.9 Å². The number of fused-ring (bicyclic) bond motifs is 1. The number of nitrogens with zero attached hydrogens (tertiary/aromatic N) is 1. The summed E-state index contributed by atoms with van der Waals surface area (Å²) in [6.07, 6.45) is 0.998. The number of hydrogen-bond donors (Lipinski definition) is 1. The Balaban J connectivity index is 1.64. The summed E-state index contributed by atoms with van der Waals surface area (Å²) < 4.78 is 2.08. The monoisotopic (exact) mass is 342 g/mol. The van der Waals surface area contributed by atoms with Crippen LogP contribution in [0.2, 0.25) is 0 Å². The number of amides is 1. The first-order valence-electron chi connectivity index (χ1n) is 7.57. The van der Waals surface area contributed by atoms with E-state index in [9.17, 15) is 4.79 Å². The maximum absolute atomic E-state index is 12.3. The zero-order valence-electron chi connectivity index (χ0n) is 13.1. The molecular weight excluding hydrogens is 324 g/mol. The van der Waals surface area contributed by atoms with Crippen LogP contribution in [0.25, 0.3) is 10.2 Å². The standard InChI is InChI=1S/C18H18N2OS2/c1-3-13-8-10-14(11-9-13)19-17(21)12(2)22-18-20-15-6-4-5-7-16(15)23-18/h4-12H,3H2,1-2H3,(H,19,21)/t12-/m0/s1. The molecule has 0 bridgehead atoms. The minimum absolute atomic E-state index is 0.00138. The topological polar surface area (TPSA) is 42.0 Å². The van der Waals surface area contributed by atoms with E-state index in [0.717, 1.165) is 26.7 Å². The summed E-state index contributed by atoms with van der Waals surface area (Å²) in [7, 11) is 0. The van der Waals surface area contributed by atoms with E-state index < -0.39 is 0 Å². The molecule has 1 atom stereocenters. The predicted octanol–water partition coefficient (Wildman–Crippen LogP) is 4.98. The number of rotatable bonds is 5. The zero-order chi connectivity index (χ0) is 16.2. The smallest absolute Gasteiger partial charge is 0.237 e. The van der Waals surface area contributed by atoms with E-state index in [-0.39, 0.29) is 11.2 Å². The highest BCUT2D eigenvalue weighted by Crippen LogP contribution is 2.32. The van der Waals surface area contributed by atoms with Gasteiger partial charge in [0, 0.05) is 5.69 Å². The van der Waals surface area contributed by atoms with Crippen LogP contribution in [-0.2, 0) is 11.2 Å². The van der Waals surface area contributed by atoms with Gasteiger partial charge in [-0.1, -0.05) is 43.0 Å². The van der Waals surface area contributed by atoms with E-state index in [0.29, 0.717) is 0 Å². The van der Waals surface area contributed by atoms with Crippen molar-refractivity contribution in [1.29, 1.82) is 0 Å². The minimum atomic E-state index is -0.193. The van der Waals surface area contributed by atoms with Gasteiger partial charge in [0.2, 0.25) is 5.91 Å². The number of carbonyl (C=O) groups excluding carboxylic acids is 1. The summed E-state index contributed by atoms with van der Waals surface area (Å²) in [5.41, 5.74) is 3.09. The molecule has 1 heterocycles. The molecule has 3 rings (SSSR count). The summed E-state index contributed by atoms with van der Waals surface area (Å²) in [5, 5.41) is 2.77. The molecule has 0 unspecified atom stereocenters. The lowest BCUT2D eigenvalue weighted by Crippen LogP contribution is -2.22. The fourth-order valence-electron chi connectivity index (χ4n) is 2.17. The number of thioether (sulfide) groups is 1. The molecule has 0 spiro atoms. The van der Waals surface area contributed by atoms with Gasteiger partial charge in [0.25, 0.3) is 0 Å². The molecule has 3 nitrogen and oxygen atoms in total. The molecule has 3 aromatic rings. The van der Waals surface area contributed by atoms with Crippen molar-refractivity contribution in [3.8, 4) is 0 Å². The van der Waals surface area contributed by atoms with E-state index >= 15 is 0 Å². The molecule has 5 heteroatoms. The zero-order valence-corrected chi connectivity index (χ0v) is 14.7. The normalized spacial score (nSPS) is 12.3. The van der Waals surface area contributed by atoms with Gasteiger partial charge >= 0.3 is 0 Å². The highest BCUT2D eigenvalue weighted by molar-refractivity contribution is 8.02. The second-order valence-electron chi connectivity index (χ2n) is 5.25. The quantitative estimate of drug-likeness (QED) is 0.665. The number of anilines is 1. The third kappa shape index (κ3) is 3.92. The van der Waals surface area contributed by atoms with Crippen LogP contribution in [0.1, 0.15) is 19.4 Å². The van der Waals surface area contributed by atoms with Crippen LogP contribution in [0, 0.1) is 0 Å². The van der Waals surface area contributed by atoms with Crippen molar-refractivity contribution < 1.29 is 4.79 Å². The van der Waals surface area contributed by atoms with Gasteiger partial charge in [-0.2, -0.15) is 0 Å². The second-order valence-corrected chi connectivity index (χ2v) is 7.87. The minimum Gasteiger partial charge on any atom is -0.325 e. The number of carbonyl (C=O) groups is 1. The molecule has 0 radical (unpaired) electrons. The third-order valence-corrected chi connectivity index (χ3v) is 5.78. The van der Waals surface area contributed by atoms with Crippen LogP contribution >= 0.6 is 23.1 Å². The lowest BCUT2D eigenvalue weighted by Gasteiger charge is -2.10. The van der Waals surface area contributed by atoms with E-state index in [1.807, 2.05) is 49.4 Å². The van der Waals surface area contributed by atoms with Gasteiger partial charge in [-0.25, -0.2) is 4.98 Å². The summed E-state index contributed by atoms with van der Waals surface area (Å²) in [4.78, 5) is 16.9. The first-order valence-corrected chi connectivity index (χ1v) is 9.27. The lowest BCUT2D eigenvalue weighted by molar-refractivity contribution is -0.115. The van der Waals surface area contributed by atoms with Crippen LogP contribution < -0.4 is 5.32 Å². The third-order valence-electron chi connectivity index (χ3n) is 3.55. The van der Waals surface area contributed by atoms with Gasteiger partial charge in [0.1, 0.15) is 0 Å². The molecule has 0 aliphatic rings. The number of para-hydroxylation sites is 1.